The third kappa shape index (κ3) is 1.97. The van der Waals surface area contributed by atoms with E-state index in [9.17, 15) is 4.79 Å². The zero-order valence-corrected chi connectivity index (χ0v) is 7.79. The number of amides is 1. The Hall–Kier alpha value is -1.05. The van der Waals surface area contributed by atoms with Crippen molar-refractivity contribution in [2.45, 2.75) is 20.8 Å². The lowest BCUT2D eigenvalue weighted by molar-refractivity contribution is -0.123. The van der Waals surface area contributed by atoms with Crippen LogP contribution in [-0.4, -0.2) is 5.91 Å². The lowest BCUT2D eigenvalue weighted by Crippen LogP contribution is -2.30. The monoisotopic (exact) mass is 165 g/mol. The van der Waals surface area contributed by atoms with E-state index in [1.807, 2.05) is 25.2 Å². The van der Waals surface area contributed by atoms with Crippen molar-refractivity contribution in [1.82, 2.24) is 5.32 Å². The fraction of sp³-hybridized carbons (Fsp3) is 0.500. The number of carbonyl (C=O) groups is 1. The first kappa shape index (κ1) is 9.04. The van der Waals surface area contributed by atoms with Crippen molar-refractivity contribution >= 4 is 5.91 Å². The number of allylic oxidation sites excluding steroid dienone is 3. The molecule has 0 bridgehead atoms. The Morgan fingerprint density at radius 2 is 2.17 bits per heavy atom. The highest BCUT2D eigenvalue weighted by atomic mass is 16.1. The molecule has 2 heteroatoms. The van der Waals surface area contributed by atoms with E-state index in [4.69, 9.17) is 0 Å². The summed E-state index contributed by atoms with van der Waals surface area (Å²) >= 11 is 0. The summed E-state index contributed by atoms with van der Waals surface area (Å²) < 4.78 is 0. The van der Waals surface area contributed by atoms with E-state index in [0.29, 0.717) is 5.92 Å². The van der Waals surface area contributed by atoms with Crippen molar-refractivity contribution in [3.8, 4) is 0 Å². The largest absolute Gasteiger partial charge is 0.330 e. The van der Waals surface area contributed by atoms with E-state index in [0.717, 1.165) is 5.70 Å². The molecule has 0 radical (unpaired) electrons. The molecule has 1 unspecified atom stereocenters. The van der Waals surface area contributed by atoms with Crippen LogP contribution in [0.15, 0.2) is 23.9 Å². The minimum Gasteiger partial charge on any atom is -0.330 e. The van der Waals surface area contributed by atoms with Crippen molar-refractivity contribution in [3.63, 3.8) is 0 Å². The number of carbonyl (C=O) groups excluding carboxylic acids is 1. The van der Waals surface area contributed by atoms with Gasteiger partial charge in [0.15, 0.2) is 0 Å². The Morgan fingerprint density at radius 1 is 1.50 bits per heavy atom. The summed E-state index contributed by atoms with van der Waals surface area (Å²) in [6, 6.07) is 0. The van der Waals surface area contributed by atoms with Gasteiger partial charge in [0.2, 0.25) is 5.91 Å². The molecular weight excluding hydrogens is 150 g/mol. The highest BCUT2D eigenvalue weighted by Crippen LogP contribution is 2.15. The number of hydrogen-bond donors (Lipinski definition) is 1. The second-order valence-corrected chi connectivity index (χ2v) is 3.49. The number of hydrogen-bond acceptors (Lipinski definition) is 1. The number of rotatable bonds is 1. The van der Waals surface area contributed by atoms with E-state index >= 15 is 0 Å². The second kappa shape index (κ2) is 3.57. The molecule has 1 aliphatic rings. The molecule has 1 aliphatic heterocycles. The maximum atomic E-state index is 11.5. The summed E-state index contributed by atoms with van der Waals surface area (Å²) in [4.78, 5) is 11.5. The van der Waals surface area contributed by atoms with E-state index in [-0.39, 0.29) is 11.8 Å². The maximum Gasteiger partial charge on any atom is 0.231 e. The summed E-state index contributed by atoms with van der Waals surface area (Å²) in [5.41, 5.74) is 0.916. The predicted molar refractivity (Wildman–Crippen MR) is 49.4 cm³/mol. The normalized spacial score (nSPS) is 23.5. The fourth-order valence-corrected chi connectivity index (χ4v) is 1.25. The van der Waals surface area contributed by atoms with Crippen LogP contribution in [0, 0.1) is 11.8 Å². The summed E-state index contributed by atoms with van der Waals surface area (Å²) in [5.74, 6) is 0.478. The Kier molecular flexibility index (Phi) is 2.69. The van der Waals surface area contributed by atoms with Crippen molar-refractivity contribution in [2.75, 3.05) is 0 Å². The molecule has 66 valence electrons. The summed E-state index contributed by atoms with van der Waals surface area (Å²) in [5, 5.41) is 2.83. The van der Waals surface area contributed by atoms with Crippen LogP contribution >= 0.6 is 0 Å². The molecule has 12 heavy (non-hydrogen) atoms. The van der Waals surface area contributed by atoms with Crippen LogP contribution in [0.2, 0.25) is 0 Å². The first-order valence-corrected chi connectivity index (χ1v) is 4.27. The molecule has 0 fully saturated rings. The van der Waals surface area contributed by atoms with Gasteiger partial charge in [-0.2, -0.15) is 0 Å². The van der Waals surface area contributed by atoms with Crippen LogP contribution in [0.3, 0.4) is 0 Å². The van der Waals surface area contributed by atoms with Crippen LogP contribution < -0.4 is 5.32 Å². The average molecular weight is 165 g/mol. The van der Waals surface area contributed by atoms with Gasteiger partial charge in [-0.15, -0.1) is 0 Å². The van der Waals surface area contributed by atoms with Crippen molar-refractivity contribution in [3.05, 3.63) is 23.9 Å². The zero-order chi connectivity index (χ0) is 9.14. The SMILES string of the molecule is CC1=CC=CC(C(C)C)C(=O)N1. The molecule has 1 N–H and O–H groups in total. The molecule has 1 heterocycles. The van der Waals surface area contributed by atoms with Gasteiger partial charge in [0.25, 0.3) is 0 Å². The summed E-state index contributed by atoms with van der Waals surface area (Å²) in [7, 11) is 0. The standard InChI is InChI=1S/C10H15NO/c1-7(2)9-6-4-5-8(3)11-10(9)12/h4-7,9H,1-3H3,(H,11,12). The molecule has 0 saturated heterocycles. The van der Waals surface area contributed by atoms with E-state index in [1.54, 1.807) is 0 Å². The van der Waals surface area contributed by atoms with Gasteiger partial charge in [0, 0.05) is 5.70 Å². The van der Waals surface area contributed by atoms with Crippen LogP contribution in [0.1, 0.15) is 20.8 Å². The number of nitrogens with one attached hydrogen (secondary N) is 1. The third-order valence-electron chi connectivity index (χ3n) is 2.01. The lowest BCUT2D eigenvalue weighted by atomic mass is 9.95. The maximum absolute atomic E-state index is 11.5. The molecule has 0 aromatic heterocycles. The van der Waals surface area contributed by atoms with Gasteiger partial charge in [-0.3, -0.25) is 4.79 Å². The molecule has 0 aromatic carbocycles. The van der Waals surface area contributed by atoms with Crippen molar-refractivity contribution < 1.29 is 4.79 Å². The van der Waals surface area contributed by atoms with Crippen molar-refractivity contribution in [1.29, 1.82) is 0 Å². The van der Waals surface area contributed by atoms with Gasteiger partial charge in [0.05, 0.1) is 5.92 Å². The second-order valence-electron chi connectivity index (χ2n) is 3.49. The zero-order valence-electron chi connectivity index (χ0n) is 7.79. The minimum absolute atomic E-state index is 0.0127. The molecule has 2 nitrogen and oxygen atoms in total. The molecule has 0 aromatic rings. The average Bonchev–Trinajstić information content (AvgIpc) is 2.10. The highest BCUT2D eigenvalue weighted by Gasteiger charge is 2.19. The molecule has 0 aliphatic carbocycles. The van der Waals surface area contributed by atoms with Crippen LogP contribution in [0.25, 0.3) is 0 Å². The van der Waals surface area contributed by atoms with Gasteiger partial charge < -0.3 is 5.32 Å². The topological polar surface area (TPSA) is 29.1 Å². The predicted octanol–water partition coefficient (Wildman–Crippen LogP) is 1.85. The van der Waals surface area contributed by atoms with E-state index < -0.39 is 0 Å². The van der Waals surface area contributed by atoms with Gasteiger partial charge in [-0.1, -0.05) is 26.0 Å². The highest BCUT2D eigenvalue weighted by molar-refractivity contribution is 5.82. The van der Waals surface area contributed by atoms with Gasteiger partial charge >= 0.3 is 0 Å². The first-order chi connectivity index (χ1) is 5.61. The smallest absolute Gasteiger partial charge is 0.231 e. The Morgan fingerprint density at radius 3 is 2.75 bits per heavy atom. The minimum atomic E-state index is 0.0127. The molecular formula is C10H15NO. The molecule has 1 atom stereocenters. The Labute approximate surface area is 73.4 Å². The van der Waals surface area contributed by atoms with Crippen LogP contribution in [-0.2, 0) is 4.79 Å². The van der Waals surface area contributed by atoms with E-state index in [1.165, 1.54) is 0 Å². The fourth-order valence-electron chi connectivity index (χ4n) is 1.25. The molecule has 0 saturated carbocycles. The van der Waals surface area contributed by atoms with Gasteiger partial charge in [-0.25, -0.2) is 0 Å². The van der Waals surface area contributed by atoms with E-state index in [2.05, 4.69) is 19.2 Å². The quantitative estimate of drug-likeness (QED) is 0.631. The van der Waals surface area contributed by atoms with Gasteiger partial charge in [0.1, 0.15) is 0 Å². The Bertz CT molecular complexity index is 238. The first-order valence-electron chi connectivity index (χ1n) is 4.27. The third-order valence-corrected chi connectivity index (χ3v) is 2.01. The molecule has 1 amide bonds. The lowest BCUT2D eigenvalue weighted by Gasteiger charge is -2.14. The van der Waals surface area contributed by atoms with Gasteiger partial charge in [-0.05, 0) is 18.9 Å². The molecule has 1 rings (SSSR count). The Balaban J connectivity index is 2.77. The van der Waals surface area contributed by atoms with Crippen molar-refractivity contribution in [2.24, 2.45) is 11.8 Å². The van der Waals surface area contributed by atoms with Crippen LogP contribution in [0.4, 0.5) is 0 Å². The molecule has 0 spiro atoms. The summed E-state index contributed by atoms with van der Waals surface area (Å²) in [6.07, 6.45) is 5.81. The summed E-state index contributed by atoms with van der Waals surface area (Å²) in [6.45, 7) is 6.00. The van der Waals surface area contributed by atoms with Crippen LogP contribution in [0.5, 0.6) is 0 Å².